The van der Waals surface area contributed by atoms with Crippen LogP contribution in [0.5, 0.6) is 0 Å². The molecule has 2 aromatic rings. The number of hydrogen-bond acceptors (Lipinski definition) is 4. The summed E-state index contributed by atoms with van der Waals surface area (Å²) in [4.78, 5) is 27.0. The second-order valence-electron chi connectivity index (χ2n) is 3.74. The van der Waals surface area contributed by atoms with Crippen LogP contribution in [0.15, 0.2) is 29.1 Å². The lowest BCUT2D eigenvalue weighted by molar-refractivity contribution is 0.100. The number of carbonyl (C=O) groups excluding carboxylic acids is 2. The van der Waals surface area contributed by atoms with E-state index in [1.165, 1.54) is 11.3 Å². The van der Waals surface area contributed by atoms with Crippen LogP contribution in [0.1, 0.15) is 26.4 Å². The van der Waals surface area contributed by atoms with E-state index >= 15 is 0 Å². The van der Waals surface area contributed by atoms with E-state index in [0.717, 1.165) is 5.56 Å². The predicted molar refractivity (Wildman–Crippen MR) is 69.8 cm³/mol. The maximum absolute atomic E-state index is 11.8. The molecule has 5 nitrogen and oxygen atoms in total. The summed E-state index contributed by atoms with van der Waals surface area (Å²) in [5.74, 6) is -0.937. The summed E-state index contributed by atoms with van der Waals surface area (Å²) < 4.78 is 0. The number of amides is 2. The topological polar surface area (TPSA) is 85.1 Å². The minimum Gasteiger partial charge on any atom is -0.366 e. The Bertz CT molecular complexity index is 593. The predicted octanol–water partition coefficient (Wildman–Crippen LogP) is 1.80. The zero-order chi connectivity index (χ0) is 13.1. The van der Waals surface area contributed by atoms with Crippen LogP contribution in [0.25, 0.3) is 0 Å². The summed E-state index contributed by atoms with van der Waals surface area (Å²) >= 11 is 1.33. The van der Waals surface area contributed by atoms with Gasteiger partial charge in [0.05, 0.1) is 16.8 Å². The number of aromatic nitrogens is 1. The first-order valence-corrected chi connectivity index (χ1v) is 6.12. The van der Waals surface area contributed by atoms with Crippen molar-refractivity contribution in [1.82, 2.24) is 4.98 Å². The average molecular weight is 261 g/mol. The first kappa shape index (κ1) is 12.3. The van der Waals surface area contributed by atoms with Crippen LogP contribution in [0.3, 0.4) is 0 Å². The number of nitrogens with zero attached hydrogens (tertiary/aromatic N) is 1. The highest BCUT2D eigenvalue weighted by atomic mass is 32.1. The molecular weight excluding hydrogens is 250 g/mol. The minimum atomic E-state index is -0.580. The molecule has 18 heavy (non-hydrogen) atoms. The normalized spacial score (nSPS) is 10.1. The molecule has 0 spiro atoms. The van der Waals surface area contributed by atoms with Crippen LogP contribution in [-0.2, 0) is 0 Å². The smallest absolute Gasteiger partial charge is 0.275 e. The molecule has 3 N–H and O–H groups in total. The number of rotatable bonds is 3. The Morgan fingerprint density at radius 1 is 1.39 bits per heavy atom. The summed E-state index contributed by atoms with van der Waals surface area (Å²) in [6, 6.07) is 5.05. The van der Waals surface area contributed by atoms with Crippen molar-refractivity contribution in [3.63, 3.8) is 0 Å². The molecule has 0 radical (unpaired) electrons. The van der Waals surface area contributed by atoms with E-state index in [1.54, 1.807) is 29.1 Å². The van der Waals surface area contributed by atoms with Gasteiger partial charge in [0, 0.05) is 5.38 Å². The van der Waals surface area contributed by atoms with Gasteiger partial charge in [-0.15, -0.1) is 11.3 Å². The Hall–Kier alpha value is -2.21. The van der Waals surface area contributed by atoms with Crippen molar-refractivity contribution < 1.29 is 9.59 Å². The Morgan fingerprint density at radius 2 is 2.17 bits per heavy atom. The molecule has 0 atom stereocenters. The van der Waals surface area contributed by atoms with E-state index < -0.39 is 5.91 Å². The number of nitrogens with one attached hydrogen (secondary N) is 1. The number of benzene rings is 1. The fourth-order valence-corrected chi connectivity index (χ4v) is 2.02. The fraction of sp³-hybridized carbons (Fsp3) is 0.0833. The molecular formula is C12H11N3O2S. The van der Waals surface area contributed by atoms with Crippen molar-refractivity contribution in [2.24, 2.45) is 5.73 Å². The number of anilines is 1. The molecule has 0 aliphatic rings. The molecule has 6 heteroatoms. The van der Waals surface area contributed by atoms with Gasteiger partial charge in [-0.05, 0) is 24.6 Å². The molecule has 0 unspecified atom stereocenters. The van der Waals surface area contributed by atoms with Crippen LogP contribution in [0, 0.1) is 6.92 Å². The zero-order valence-corrected chi connectivity index (χ0v) is 10.5. The van der Waals surface area contributed by atoms with Crippen LogP contribution in [0.2, 0.25) is 0 Å². The van der Waals surface area contributed by atoms with Gasteiger partial charge in [-0.3, -0.25) is 9.59 Å². The largest absolute Gasteiger partial charge is 0.366 e. The van der Waals surface area contributed by atoms with Gasteiger partial charge in [0.1, 0.15) is 5.69 Å². The van der Waals surface area contributed by atoms with Crippen LogP contribution in [-0.4, -0.2) is 16.8 Å². The fourth-order valence-electron chi connectivity index (χ4n) is 1.49. The van der Waals surface area contributed by atoms with Crippen molar-refractivity contribution in [3.8, 4) is 0 Å². The Labute approximate surface area is 108 Å². The average Bonchev–Trinajstić information content (AvgIpc) is 2.81. The van der Waals surface area contributed by atoms with Gasteiger partial charge in [0.25, 0.3) is 11.8 Å². The van der Waals surface area contributed by atoms with Crippen molar-refractivity contribution in [2.45, 2.75) is 6.92 Å². The number of thiazole rings is 1. The molecule has 92 valence electrons. The molecule has 0 saturated heterocycles. The quantitative estimate of drug-likeness (QED) is 0.883. The third-order valence-corrected chi connectivity index (χ3v) is 2.94. The first-order chi connectivity index (χ1) is 8.58. The number of nitrogens with two attached hydrogens (primary N) is 1. The summed E-state index contributed by atoms with van der Waals surface area (Å²) in [5.41, 5.74) is 8.75. The van der Waals surface area contributed by atoms with E-state index in [1.807, 2.05) is 6.92 Å². The van der Waals surface area contributed by atoms with Crippen LogP contribution in [0.4, 0.5) is 5.69 Å². The standard InChI is InChI=1S/C12H11N3O2S/c1-7-2-3-8(11(13)16)9(4-7)15-12(17)10-5-18-6-14-10/h2-6H,1H3,(H2,13,16)(H,15,17). The summed E-state index contributed by atoms with van der Waals surface area (Å²) in [7, 11) is 0. The molecule has 0 aliphatic carbocycles. The van der Waals surface area contributed by atoms with Crippen molar-refractivity contribution in [2.75, 3.05) is 5.32 Å². The lowest BCUT2D eigenvalue weighted by atomic mass is 10.1. The van der Waals surface area contributed by atoms with E-state index in [-0.39, 0.29) is 11.5 Å². The Morgan fingerprint density at radius 3 is 2.78 bits per heavy atom. The number of carbonyl (C=O) groups is 2. The molecule has 1 heterocycles. The number of primary amides is 1. The maximum atomic E-state index is 11.8. The molecule has 0 bridgehead atoms. The zero-order valence-electron chi connectivity index (χ0n) is 9.64. The molecule has 1 aromatic heterocycles. The van der Waals surface area contributed by atoms with Crippen molar-refractivity contribution in [1.29, 1.82) is 0 Å². The third kappa shape index (κ3) is 2.54. The lowest BCUT2D eigenvalue weighted by Gasteiger charge is -2.08. The van der Waals surface area contributed by atoms with Gasteiger partial charge in [-0.2, -0.15) is 0 Å². The second-order valence-corrected chi connectivity index (χ2v) is 4.46. The van der Waals surface area contributed by atoms with Gasteiger partial charge in [-0.1, -0.05) is 6.07 Å². The van der Waals surface area contributed by atoms with E-state index in [0.29, 0.717) is 11.4 Å². The van der Waals surface area contributed by atoms with E-state index in [2.05, 4.69) is 10.3 Å². The summed E-state index contributed by atoms with van der Waals surface area (Å²) in [6.45, 7) is 1.86. The van der Waals surface area contributed by atoms with Crippen LogP contribution < -0.4 is 11.1 Å². The lowest BCUT2D eigenvalue weighted by Crippen LogP contribution is -2.18. The molecule has 2 rings (SSSR count). The van der Waals surface area contributed by atoms with Gasteiger partial charge in [0.15, 0.2) is 0 Å². The summed E-state index contributed by atoms with van der Waals surface area (Å²) in [6.07, 6.45) is 0. The van der Waals surface area contributed by atoms with Crippen molar-refractivity contribution in [3.05, 3.63) is 45.9 Å². The Kier molecular flexibility index (Phi) is 3.38. The molecule has 0 aliphatic heterocycles. The van der Waals surface area contributed by atoms with Gasteiger partial charge >= 0.3 is 0 Å². The molecule has 2 amide bonds. The third-order valence-electron chi connectivity index (χ3n) is 2.35. The second kappa shape index (κ2) is 4.97. The molecule has 0 fully saturated rings. The van der Waals surface area contributed by atoms with Crippen molar-refractivity contribution >= 4 is 28.8 Å². The number of aryl methyl sites for hydroxylation is 1. The van der Waals surface area contributed by atoms with Crippen LogP contribution >= 0.6 is 11.3 Å². The van der Waals surface area contributed by atoms with E-state index in [4.69, 9.17) is 5.73 Å². The Balaban J connectivity index is 2.31. The highest BCUT2D eigenvalue weighted by Gasteiger charge is 2.13. The molecule has 0 saturated carbocycles. The van der Waals surface area contributed by atoms with Gasteiger partial charge in [-0.25, -0.2) is 4.98 Å². The van der Waals surface area contributed by atoms with E-state index in [9.17, 15) is 9.59 Å². The summed E-state index contributed by atoms with van der Waals surface area (Å²) in [5, 5.41) is 4.27. The SMILES string of the molecule is Cc1ccc(C(N)=O)c(NC(=O)c2cscn2)c1. The van der Waals surface area contributed by atoms with Gasteiger partial charge in [0.2, 0.25) is 0 Å². The highest BCUT2D eigenvalue weighted by Crippen LogP contribution is 2.18. The maximum Gasteiger partial charge on any atom is 0.275 e. The highest BCUT2D eigenvalue weighted by molar-refractivity contribution is 7.07. The number of hydrogen-bond donors (Lipinski definition) is 2. The minimum absolute atomic E-state index is 0.282. The first-order valence-electron chi connectivity index (χ1n) is 5.18. The monoisotopic (exact) mass is 261 g/mol. The molecule has 1 aromatic carbocycles. The van der Waals surface area contributed by atoms with Gasteiger partial charge < -0.3 is 11.1 Å².